The van der Waals surface area contributed by atoms with Gasteiger partial charge in [0, 0.05) is 16.3 Å². The van der Waals surface area contributed by atoms with Gasteiger partial charge < -0.3 is 0 Å². The highest BCUT2D eigenvalue weighted by Gasteiger charge is 2.27. The fourth-order valence-electron chi connectivity index (χ4n) is 4.23. The van der Waals surface area contributed by atoms with Crippen LogP contribution in [-0.2, 0) is 0 Å². The molecule has 3 aromatic carbocycles. The van der Waals surface area contributed by atoms with Gasteiger partial charge in [0.05, 0.1) is 27.8 Å². The van der Waals surface area contributed by atoms with Crippen LogP contribution in [0.25, 0.3) is 38.1 Å². The number of nitriles is 1. The minimum Gasteiger partial charge on any atom is -0.291 e. The van der Waals surface area contributed by atoms with Gasteiger partial charge >= 0.3 is 0 Å². The van der Waals surface area contributed by atoms with Crippen LogP contribution in [0.4, 0.5) is 0 Å². The SMILES string of the molecule is N#CC(C(=O)c1cc2c(-c3ccccc3)nn(-c3ccccc3)c2s1)c1ccc2ccccc2n1. The number of rotatable bonds is 5. The molecule has 6 aromatic rings. The van der Waals surface area contributed by atoms with Gasteiger partial charge in [0.1, 0.15) is 10.5 Å². The summed E-state index contributed by atoms with van der Waals surface area (Å²) in [7, 11) is 0. The van der Waals surface area contributed by atoms with Crippen molar-refractivity contribution in [3.8, 4) is 23.0 Å². The van der Waals surface area contributed by atoms with Crippen LogP contribution in [0, 0.1) is 11.3 Å². The third-order valence-corrected chi connectivity index (χ3v) is 7.08. The molecule has 166 valence electrons. The Morgan fingerprint density at radius 2 is 1.60 bits per heavy atom. The van der Waals surface area contributed by atoms with E-state index in [1.165, 1.54) is 11.3 Å². The summed E-state index contributed by atoms with van der Waals surface area (Å²) >= 11 is 1.36. The molecule has 0 aliphatic rings. The van der Waals surface area contributed by atoms with Crippen molar-refractivity contribution in [2.75, 3.05) is 0 Å². The van der Waals surface area contributed by atoms with Gasteiger partial charge in [-0.1, -0.05) is 72.8 Å². The summed E-state index contributed by atoms with van der Waals surface area (Å²) in [6.07, 6.45) is 0. The third kappa shape index (κ3) is 3.68. The summed E-state index contributed by atoms with van der Waals surface area (Å²) in [5.74, 6) is -1.24. The number of para-hydroxylation sites is 2. The Bertz CT molecular complexity index is 1660. The average molecular weight is 471 g/mol. The van der Waals surface area contributed by atoms with E-state index in [2.05, 4.69) is 11.1 Å². The largest absolute Gasteiger partial charge is 0.291 e. The summed E-state index contributed by atoms with van der Waals surface area (Å²) in [6.45, 7) is 0. The summed E-state index contributed by atoms with van der Waals surface area (Å²) < 4.78 is 1.87. The molecule has 3 aromatic heterocycles. The third-order valence-electron chi connectivity index (χ3n) is 5.96. The number of nitrogens with zero attached hydrogens (tertiary/aromatic N) is 4. The maximum atomic E-state index is 13.6. The monoisotopic (exact) mass is 470 g/mol. The van der Waals surface area contributed by atoms with Crippen LogP contribution in [0.15, 0.2) is 103 Å². The number of fused-ring (bicyclic) bond motifs is 2. The number of hydrogen-bond acceptors (Lipinski definition) is 5. The molecule has 0 amide bonds. The molecule has 0 saturated heterocycles. The molecule has 0 bridgehead atoms. The first-order valence-electron chi connectivity index (χ1n) is 11.2. The van der Waals surface area contributed by atoms with Gasteiger partial charge in [0.15, 0.2) is 11.7 Å². The topological polar surface area (TPSA) is 71.6 Å². The van der Waals surface area contributed by atoms with E-state index < -0.39 is 5.92 Å². The molecular weight excluding hydrogens is 452 g/mol. The molecule has 0 N–H and O–H groups in total. The number of ketones is 1. The lowest BCUT2D eigenvalue weighted by molar-refractivity contribution is 0.0981. The number of hydrogen-bond donors (Lipinski definition) is 0. The van der Waals surface area contributed by atoms with Gasteiger partial charge in [-0.2, -0.15) is 10.4 Å². The standard InChI is InChI=1S/C29H18N4OS/c30-18-23(25-16-15-19-9-7-8-14-24(19)31-25)28(34)26-17-22-27(20-10-3-1-4-11-20)32-33(29(22)35-26)21-12-5-2-6-13-21/h1-17,23H. The highest BCUT2D eigenvalue weighted by atomic mass is 32.1. The molecule has 35 heavy (non-hydrogen) atoms. The van der Waals surface area contributed by atoms with E-state index in [4.69, 9.17) is 5.10 Å². The molecule has 3 heterocycles. The molecule has 5 nitrogen and oxygen atoms in total. The van der Waals surface area contributed by atoms with Crippen LogP contribution in [0.1, 0.15) is 21.3 Å². The van der Waals surface area contributed by atoms with Crippen LogP contribution >= 0.6 is 11.3 Å². The van der Waals surface area contributed by atoms with Crippen molar-refractivity contribution in [2.45, 2.75) is 5.92 Å². The highest BCUT2D eigenvalue weighted by Crippen LogP contribution is 2.37. The molecule has 6 rings (SSSR count). The number of benzene rings is 3. The number of aromatic nitrogens is 3. The van der Waals surface area contributed by atoms with Gasteiger partial charge in [0.2, 0.25) is 0 Å². The van der Waals surface area contributed by atoms with E-state index in [0.29, 0.717) is 10.6 Å². The lowest BCUT2D eigenvalue weighted by Gasteiger charge is -2.08. The van der Waals surface area contributed by atoms with Crippen LogP contribution in [0.3, 0.4) is 0 Å². The van der Waals surface area contributed by atoms with Crippen molar-refractivity contribution in [2.24, 2.45) is 0 Å². The van der Waals surface area contributed by atoms with E-state index in [-0.39, 0.29) is 5.78 Å². The first-order chi connectivity index (χ1) is 17.2. The molecule has 0 aliphatic carbocycles. The molecule has 0 spiro atoms. The summed E-state index contributed by atoms with van der Waals surface area (Å²) in [5, 5.41) is 16.7. The molecule has 6 heteroatoms. The number of carbonyl (C=O) groups excluding carboxylic acids is 1. The second-order valence-corrected chi connectivity index (χ2v) is 9.18. The average Bonchev–Trinajstić information content (AvgIpc) is 3.50. The van der Waals surface area contributed by atoms with Gasteiger partial charge in [-0.15, -0.1) is 11.3 Å². The van der Waals surface area contributed by atoms with Crippen molar-refractivity contribution in [3.05, 3.63) is 114 Å². The normalized spacial score (nSPS) is 12.0. The quantitative estimate of drug-likeness (QED) is 0.260. The van der Waals surface area contributed by atoms with Crippen LogP contribution in [0.2, 0.25) is 0 Å². The van der Waals surface area contributed by atoms with Crippen molar-refractivity contribution < 1.29 is 4.79 Å². The first kappa shape index (κ1) is 21.0. The number of pyridine rings is 1. The Morgan fingerprint density at radius 3 is 2.37 bits per heavy atom. The maximum absolute atomic E-state index is 13.6. The predicted molar refractivity (Wildman–Crippen MR) is 139 cm³/mol. The van der Waals surface area contributed by atoms with Crippen LogP contribution in [-0.4, -0.2) is 20.5 Å². The Hall–Kier alpha value is -4.60. The smallest absolute Gasteiger partial charge is 0.196 e. The summed E-state index contributed by atoms with van der Waals surface area (Å²) in [5.41, 5.74) is 3.91. The Morgan fingerprint density at radius 1 is 0.886 bits per heavy atom. The van der Waals surface area contributed by atoms with Gasteiger partial charge in [0.25, 0.3) is 0 Å². The zero-order chi connectivity index (χ0) is 23.8. The fraction of sp³-hybridized carbons (Fsp3) is 0.0345. The zero-order valence-corrected chi connectivity index (χ0v) is 19.3. The molecule has 0 fully saturated rings. The molecule has 1 atom stereocenters. The first-order valence-corrected chi connectivity index (χ1v) is 12.0. The second-order valence-electron chi connectivity index (χ2n) is 8.15. The minimum atomic E-state index is -0.985. The van der Waals surface area contributed by atoms with Crippen molar-refractivity contribution in [1.82, 2.24) is 14.8 Å². The van der Waals surface area contributed by atoms with Crippen molar-refractivity contribution in [1.29, 1.82) is 5.26 Å². The maximum Gasteiger partial charge on any atom is 0.196 e. The molecule has 0 saturated carbocycles. The summed E-state index contributed by atoms with van der Waals surface area (Å²) in [6, 6.07) is 35.2. The highest BCUT2D eigenvalue weighted by molar-refractivity contribution is 7.20. The van der Waals surface area contributed by atoms with E-state index in [1.54, 1.807) is 6.07 Å². The second kappa shape index (κ2) is 8.64. The zero-order valence-electron chi connectivity index (χ0n) is 18.5. The van der Waals surface area contributed by atoms with Crippen LogP contribution < -0.4 is 0 Å². The van der Waals surface area contributed by atoms with Crippen molar-refractivity contribution in [3.63, 3.8) is 0 Å². The molecular formula is C29H18N4OS. The van der Waals surface area contributed by atoms with E-state index >= 15 is 0 Å². The molecule has 0 radical (unpaired) electrons. The molecule has 1 unspecified atom stereocenters. The Labute approximate surface area is 205 Å². The summed E-state index contributed by atoms with van der Waals surface area (Å²) in [4.78, 5) is 19.6. The lowest BCUT2D eigenvalue weighted by Crippen LogP contribution is -2.11. The van der Waals surface area contributed by atoms with Gasteiger partial charge in [-0.3, -0.25) is 9.78 Å². The number of Topliss-reactive ketones (excluding diaryl/α,β-unsaturated/α-hetero) is 1. The van der Waals surface area contributed by atoms with E-state index in [1.807, 2.05) is 102 Å². The Kier molecular flexibility index (Phi) is 5.17. The minimum absolute atomic E-state index is 0.255. The molecule has 0 aliphatic heterocycles. The Balaban J connectivity index is 1.48. The van der Waals surface area contributed by atoms with Gasteiger partial charge in [-0.25, -0.2) is 4.68 Å². The van der Waals surface area contributed by atoms with E-state index in [0.717, 1.165) is 38.1 Å². The lowest BCUT2D eigenvalue weighted by atomic mass is 9.98. The van der Waals surface area contributed by atoms with Gasteiger partial charge in [-0.05, 0) is 30.3 Å². The number of thiophene rings is 1. The van der Waals surface area contributed by atoms with Crippen molar-refractivity contribution >= 4 is 38.2 Å². The van der Waals surface area contributed by atoms with E-state index in [9.17, 15) is 10.1 Å². The fourth-order valence-corrected chi connectivity index (χ4v) is 5.33. The predicted octanol–water partition coefficient (Wildman–Crippen LogP) is 6.79. The van der Waals surface area contributed by atoms with Crippen LogP contribution in [0.5, 0.6) is 0 Å². The number of carbonyl (C=O) groups is 1.